The molecule has 3 heterocycles. The summed E-state index contributed by atoms with van der Waals surface area (Å²) in [4.78, 5) is 7.19. The van der Waals surface area contributed by atoms with Gasteiger partial charge in [0, 0.05) is 23.1 Å². The number of fused-ring (bicyclic) bond motifs is 1. The van der Waals surface area contributed by atoms with Gasteiger partial charge in [-0.05, 0) is 60.8 Å². The van der Waals surface area contributed by atoms with Crippen LogP contribution < -0.4 is 5.32 Å². The van der Waals surface area contributed by atoms with Crippen LogP contribution in [0.4, 0.5) is 5.82 Å². The van der Waals surface area contributed by atoms with Gasteiger partial charge in [-0.3, -0.25) is 4.90 Å². The van der Waals surface area contributed by atoms with Gasteiger partial charge >= 0.3 is 0 Å². The highest BCUT2D eigenvalue weighted by atomic mass is 79.9. The zero-order valence-corrected chi connectivity index (χ0v) is 11.7. The first-order valence-electron chi connectivity index (χ1n) is 6.38. The first kappa shape index (κ1) is 11.5. The lowest BCUT2D eigenvalue weighted by Crippen LogP contribution is -2.34. The predicted molar refractivity (Wildman–Crippen MR) is 73.3 cm³/mol. The van der Waals surface area contributed by atoms with Gasteiger partial charge in [0.2, 0.25) is 0 Å². The van der Waals surface area contributed by atoms with E-state index in [1.807, 2.05) is 6.92 Å². The van der Waals surface area contributed by atoms with Gasteiger partial charge in [-0.25, -0.2) is 4.98 Å². The van der Waals surface area contributed by atoms with E-state index in [1.165, 1.54) is 32.4 Å². The Morgan fingerprint density at radius 2 is 2.24 bits per heavy atom. The molecule has 0 bridgehead atoms. The highest BCUT2D eigenvalue weighted by molar-refractivity contribution is 9.10. The molecule has 17 heavy (non-hydrogen) atoms. The summed E-state index contributed by atoms with van der Waals surface area (Å²) in [5.41, 5.74) is 1.05. The predicted octanol–water partition coefficient (Wildman–Crippen LogP) is 2.80. The minimum absolute atomic E-state index is 0.588. The third-order valence-electron chi connectivity index (χ3n) is 3.96. The molecule has 0 aromatic carbocycles. The Kier molecular flexibility index (Phi) is 3.09. The molecule has 2 saturated heterocycles. The molecule has 3 rings (SSSR count). The number of aromatic nitrogens is 1. The number of rotatable bonds is 2. The first-order chi connectivity index (χ1) is 8.24. The van der Waals surface area contributed by atoms with Crippen LogP contribution in [0, 0.1) is 6.92 Å². The second kappa shape index (κ2) is 4.58. The highest BCUT2D eigenvalue weighted by Gasteiger charge is 2.37. The Bertz CT molecular complexity index is 421. The monoisotopic (exact) mass is 295 g/mol. The third kappa shape index (κ3) is 2.20. The topological polar surface area (TPSA) is 28.2 Å². The molecule has 1 aromatic rings. The maximum atomic E-state index is 4.57. The molecular formula is C13H18BrN3. The molecule has 1 N–H and O–H groups in total. The van der Waals surface area contributed by atoms with E-state index in [1.54, 1.807) is 0 Å². The Balaban J connectivity index is 1.72. The van der Waals surface area contributed by atoms with Crippen molar-refractivity contribution in [2.24, 2.45) is 0 Å². The van der Waals surface area contributed by atoms with Crippen molar-refractivity contribution in [2.75, 3.05) is 18.4 Å². The summed E-state index contributed by atoms with van der Waals surface area (Å²) in [6.45, 7) is 4.57. The standard InChI is InChI=1S/C13H18BrN3/c1-9-10(14)4-5-13(15-9)16-11-6-8-17-7-2-3-12(11)17/h4-5,11-12H,2-3,6-8H2,1H3,(H,15,16). The van der Waals surface area contributed by atoms with Crippen LogP contribution >= 0.6 is 15.9 Å². The second-order valence-corrected chi connectivity index (χ2v) is 5.90. The average Bonchev–Trinajstić information content (AvgIpc) is 2.88. The number of nitrogens with zero attached hydrogens (tertiary/aromatic N) is 2. The highest BCUT2D eigenvalue weighted by Crippen LogP contribution is 2.30. The number of aryl methyl sites for hydroxylation is 1. The lowest BCUT2D eigenvalue weighted by molar-refractivity contribution is 0.318. The van der Waals surface area contributed by atoms with Crippen molar-refractivity contribution in [3.63, 3.8) is 0 Å². The van der Waals surface area contributed by atoms with Gasteiger partial charge < -0.3 is 5.32 Å². The molecule has 0 saturated carbocycles. The molecular weight excluding hydrogens is 278 g/mol. The molecule has 0 amide bonds. The Morgan fingerprint density at radius 1 is 1.35 bits per heavy atom. The molecule has 4 heteroatoms. The van der Waals surface area contributed by atoms with Crippen LogP contribution in [-0.4, -0.2) is 35.1 Å². The van der Waals surface area contributed by atoms with Gasteiger partial charge in [-0.1, -0.05) is 0 Å². The van der Waals surface area contributed by atoms with Gasteiger partial charge in [0.1, 0.15) is 5.82 Å². The fourth-order valence-electron chi connectivity index (χ4n) is 3.07. The van der Waals surface area contributed by atoms with E-state index in [0.717, 1.165) is 22.0 Å². The molecule has 2 atom stereocenters. The molecule has 3 nitrogen and oxygen atoms in total. The van der Waals surface area contributed by atoms with Crippen molar-refractivity contribution in [2.45, 2.75) is 38.3 Å². The van der Waals surface area contributed by atoms with Gasteiger partial charge in [0.25, 0.3) is 0 Å². The molecule has 2 fully saturated rings. The van der Waals surface area contributed by atoms with Crippen LogP contribution in [0.15, 0.2) is 16.6 Å². The summed E-state index contributed by atoms with van der Waals surface area (Å²) >= 11 is 3.49. The van der Waals surface area contributed by atoms with Gasteiger partial charge in [0.05, 0.1) is 5.69 Å². The maximum Gasteiger partial charge on any atom is 0.126 e. The summed E-state index contributed by atoms with van der Waals surface area (Å²) in [7, 11) is 0. The molecule has 2 aliphatic heterocycles. The second-order valence-electron chi connectivity index (χ2n) is 5.05. The lowest BCUT2D eigenvalue weighted by Gasteiger charge is -2.21. The first-order valence-corrected chi connectivity index (χ1v) is 7.17. The number of hydrogen-bond acceptors (Lipinski definition) is 3. The minimum atomic E-state index is 0.588. The largest absolute Gasteiger partial charge is 0.366 e. The normalized spacial score (nSPS) is 28.4. The van der Waals surface area contributed by atoms with Crippen molar-refractivity contribution < 1.29 is 0 Å². The summed E-state index contributed by atoms with van der Waals surface area (Å²) in [5, 5.41) is 3.61. The van der Waals surface area contributed by atoms with Crippen LogP contribution in [-0.2, 0) is 0 Å². The molecule has 1 aromatic heterocycles. The van der Waals surface area contributed by atoms with Crippen LogP contribution in [0.3, 0.4) is 0 Å². The van der Waals surface area contributed by atoms with Crippen LogP contribution in [0.25, 0.3) is 0 Å². The van der Waals surface area contributed by atoms with E-state index < -0.39 is 0 Å². The number of halogens is 1. The SMILES string of the molecule is Cc1nc(NC2CCN3CCCC23)ccc1Br. The fourth-order valence-corrected chi connectivity index (χ4v) is 3.29. The Morgan fingerprint density at radius 3 is 3.06 bits per heavy atom. The Hall–Kier alpha value is -0.610. The van der Waals surface area contributed by atoms with Crippen molar-refractivity contribution in [3.8, 4) is 0 Å². The van der Waals surface area contributed by atoms with Gasteiger partial charge in [0.15, 0.2) is 0 Å². The van der Waals surface area contributed by atoms with Crippen molar-refractivity contribution in [3.05, 3.63) is 22.3 Å². The van der Waals surface area contributed by atoms with Crippen molar-refractivity contribution >= 4 is 21.7 Å². The van der Waals surface area contributed by atoms with Crippen LogP contribution in [0.5, 0.6) is 0 Å². The molecule has 2 unspecified atom stereocenters. The average molecular weight is 296 g/mol. The fraction of sp³-hybridized carbons (Fsp3) is 0.615. The van der Waals surface area contributed by atoms with Crippen molar-refractivity contribution in [1.29, 1.82) is 0 Å². The number of nitrogens with one attached hydrogen (secondary N) is 1. The van der Waals surface area contributed by atoms with E-state index in [9.17, 15) is 0 Å². The van der Waals surface area contributed by atoms with E-state index in [0.29, 0.717) is 6.04 Å². The zero-order valence-electron chi connectivity index (χ0n) is 10.1. The smallest absolute Gasteiger partial charge is 0.126 e. The van der Waals surface area contributed by atoms with Crippen LogP contribution in [0.1, 0.15) is 25.0 Å². The molecule has 2 aliphatic rings. The summed E-state index contributed by atoms with van der Waals surface area (Å²) < 4.78 is 1.08. The molecule has 0 spiro atoms. The van der Waals surface area contributed by atoms with E-state index in [2.05, 4.69) is 43.3 Å². The summed E-state index contributed by atoms with van der Waals surface area (Å²) in [6.07, 6.45) is 3.95. The minimum Gasteiger partial charge on any atom is -0.366 e. The molecule has 0 radical (unpaired) electrons. The van der Waals surface area contributed by atoms with E-state index in [-0.39, 0.29) is 0 Å². The molecule has 0 aliphatic carbocycles. The van der Waals surface area contributed by atoms with Crippen LogP contribution in [0.2, 0.25) is 0 Å². The van der Waals surface area contributed by atoms with E-state index >= 15 is 0 Å². The van der Waals surface area contributed by atoms with Crippen molar-refractivity contribution in [1.82, 2.24) is 9.88 Å². The Labute approximate surface area is 111 Å². The number of hydrogen-bond donors (Lipinski definition) is 1. The lowest BCUT2D eigenvalue weighted by atomic mass is 10.1. The zero-order chi connectivity index (χ0) is 11.8. The van der Waals surface area contributed by atoms with Gasteiger partial charge in [-0.15, -0.1) is 0 Å². The molecule has 92 valence electrons. The third-order valence-corrected chi connectivity index (χ3v) is 4.80. The number of anilines is 1. The maximum absolute atomic E-state index is 4.57. The summed E-state index contributed by atoms with van der Waals surface area (Å²) in [5.74, 6) is 1.02. The summed E-state index contributed by atoms with van der Waals surface area (Å²) in [6, 6.07) is 5.46. The van der Waals surface area contributed by atoms with E-state index in [4.69, 9.17) is 0 Å². The number of pyridine rings is 1. The van der Waals surface area contributed by atoms with Gasteiger partial charge in [-0.2, -0.15) is 0 Å². The quantitative estimate of drug-likeness (QED) is 0.909.